The van der Waals surface area contributed by atoms with Crippen LogP contribution in [-0.2, 0) is 0 Å². The normalized spacial score (nSPS) is 14.5. The lowest BCUT2D eigenvalue weighted by atomic mass is 9.80. The van der Waals surface area contributed by atoms with E-state index in [2.05, 4.69) is 15.3 Å². The minimum Gasteiger partial charge on any atom is -0.493 e. The van der Waals surface area contributed by atoms with Gasteiger partial charge in [0.2, 0.25) is 0 Å². The van der Waals surface area contributed by atoms with E-state index in [9.17, 15) is 9.59 Å². The van der Waals surface area contributed by atoms with Crippen molar-refractivity contribution in [1.82, 2.24) is 9.97 Å². The lowest BCUT2D eigenvalue weighted by Crippen LogP contribution is -2.32. The van der Waals surface area contributed by atoms with Gasteiger partial charge >= 0.3 is 5.69 Å². The molecule has 1 atom stereocenters. The molecule has 0 saturated carbocycles. The van der Waals surface area contributed by atoms with Crippen LogP contribution >= 0.6 is 0 Å². The third-order valence-corrected chi connectivity index (χ3v) is 5.53. The Labute approximate surface area is 171 Å². The topological polar surface area (TPSA) is 96.2 Å². The highest BCUT2D eigenvalue weighted by Crippen LogP contribution is 2.49. The molecule has 0 aliphatic carbocycles. The fourth-order valence-electron chi connectivity index (χ4n) is 4.32. The number of para-hydroxylation sites is 1. The lowest BCUT2D eigenvalue weighted by Gasteiger charge is -2.30. The maximum Gasteiger partial charge on any atom is 0.327 e. The number of aromatic amines is 2. The van der Waals surface area contributed by atoms with Crippen molar-refractivity contribution in [2.24, 2.45) is 0 Å². The molecule has 1 aromatic heterocycles. The lowest BCUT2D eigenvalue weighted by molar-refractivity contribution is 0.351. The van der Waals surface area contributed by atoms with E-state index in [0.29, 0.717) is 22.9 Å². The summed E-state index contributed by atoms with van der Waals surface area (Å²) in [6.45, 7) is 0. The van der Waals surface area contributed by atoms with Gasteiger partial charge in [-0.15, -0.1) is 0 Å². The maximum absolute atomic E-state index is 13.0. The predicted molar refractivity (Wildman–Crippen MR) is 115 cm³/mol. The van der Waals surface area contributed by atoms with Gasteiger partial charge in [0.25, 0.3) is 5.56 Å². The van der Waals surface area contributed by atoms with Crippen LogP contribution in [0.4, 0.5) is 11.5 Å². The number of methoxy groups -OCH3 is 2. The molecule has 1 unspecified atom stereocenters. The number of benzene rings is 3. The molecule has 0 fully saturated rings. The second kappa shape index (κ2) is 6.81. The van der Waals surface area contributed by atoms with Gasteiger partial charge in [-0.25, -0.2) is 4.79 Å². The summed E-state index contributed by atoms with van der Waals surface area (Å²) >= 11 is 0. The quantitative estimate of drug-likeness (QED) is 0.430. The predicted octanol–water partition coefficient (Wildman–Crippen LogP) is 3.47. The summed E-state index contributed by atoms with van der Waals surface area (Å²) in [6.07, 6.45) is 0. The standard InChI is InChI=1S/C23H19N3O4/c1-29-16-9-5-8-14(20(16)30-2)18-17-13-7-4-3-6-12(13)10-11-15(17)24-21-19(18)22(27)26-23(28)25-21/h3-11,18H,1-2H3,(H3,24,25,26,27,28). The summed E-state index contributed by atoms with van der Waals surface area (Å²) < 4.78 is 11.2. The molecule has 7 nitrogen and oxygen atoms in total. The molecule has 3 N–H and O–H groups in total. The van der Waals surface area contributed by atoms with E-state index in [4.69, 9.17) is 9.47 Å². The highest BCUT2D eigenvalue weighted by molar-refractivity contribution is 5.94. The van der Waals surface area contributed by atoms with Crippen LogP contribution in [0.5, 0.6) is 11.5 Å². The smallest absolute Gasteiger partial charge is 0.327 e. The van der Waals surface area contributed by atoms with E-state index < -0.39 is 17.2 Å². The van der Waals surface area contributed by atoms with E-state index in [1.165, 1.54) is 0 Å². The highest BCUT2D eigenvalue weighted by Gasteiger charge is 2.34. The first-order valence-corrected chi connectivity index (χ1v) is 9.48. The molecule has 0 bridgehead atoms. The zero-order valence-electron chi connectivity index (χ0n) is 16.4. The van der Waals surface area contributed by atoms with Crippen molar-refractivity contribution < 1.29 is 9.47 Å². The van der Waals surface area contributed by atoms with E-state index in [1.807, 2.05) is 54.6 Å². The van der Waals surface area contributed by atoms with Crippen LogP contribution in [-0.4, -0.2) is 24.2 Å². The Balaban J connectivity index is 1.93. The van der Waals surface area contributed by atoms with Crippen LogP contribution in [0.2, 0.25) is 0 Å². The molecule has 1 aliphatic heterocycles. The number of aromatic nitrogens is 2. The summed E-state index contributed by atoms with van der Waals surface area (Å²) in [5.74, 6) is 1.01. The molecule has 2 heterocycles. The van der Waals surface area contributed by atoms with Gasteiger partial charge in [-0.2, -0.15) is 0 Å². The molecule has 0 spiro atoms. The highest BCUT2D eigenvalue weighted by atomic mass is 16.5. The van der Waals surface area contributed by atoms with Crippen LogP contribution in [0.15, 0.2) is 64.2 Å². The van der Waals surface area contributed by atoms with Crippen molar-refractivity contribution in [3.8, 4) is 11.5 Å². The number of H-pyrrole nitrogens is 2. The Morgan fingerprint density at radius 1 is 0.833 bits per heavy atom. The summed E-state index contributed by atoms with van der Waals surface area (Å²) in [5.41, 5.74) is 1.93. The van der Waals surface area contributed by atoms with E-state index in [-0.39, 0.29) is 0 Å². The van der Waals surface area contributed by atoms with E-state index in [1.54, 1.807) is 14.2 Å². The molecule has 0 saturated heterocycles. The van der Waals surface area contributed by atoms with Crippen molar-refractivity contribution in [2.45, 2.75) is 5.92 Å². The van der Waals surface area contributed by atoms with Gasteiger partial charge < -0.3 is 14.8 Å². The molecule has 30 heavy (non-hydrogen) atoms. The number of hydrogen-bond acceptors (Lipinski definition) is 5. The summed E-state index contributed by atoms with van der Waals surface area (Å²) in [4.78, 5) is 30.0. The van der Waals surface area contributed by atoms with Crippen molar-refractivity contribution in [2.75, 3.05) is 19.5 Å². The zero-order chi connectivity index (χ0) is 20.8. The maximum atomic E-state index is 13.0. The Kier molecular flexibility index (Phi) is 4.10. The molecule has 5 rings (SSSR count). The van der Waals surface area contributed by atoms with Crippen LogP contribution in [0.1, 0.15) is 22.6 Å². The molecule has 4 aromatic rings. The minimum atomic E-state index is -0.563. The van der Waals surface area contributed by atoms with Gasteiger partial charge in [-0.3, -0.25) is 14.8 Å². The van der Waals surface area contributed by atoms with E-state index in [0.717, 1.165) is 27.6 Å². The summed E-state index contributed by atoms with van der Waals surface area (Å²) in [6, 6.07) is 17.6. The number of nitrogens with one attached hydrogen (secondary N) is 3. The molecule has 3 aromatic carbocycles. The monoisotopic (exact) mass is 401 g/mol. The van der Waals surface area contributed by atoms with Gasteiger partial charge in [-0.05, 0) is 28.5 Å². The van der Waals surface area contributed by atoms with Gasteiger partial charge in [0, 0.05) is 17.2 Å². The average molecular weight is 401 g/mol. The van der Waals surface area contributed by atoms with Gasteiger partial charge in [0.05, 0.1) is 19.8 Å². The summed E-state index contributed by atoms with van der Waals surface area (Å²) in [7, 11) is 3.15. The number of fused-ring (bicyclic) bond motifs is 4. The van der Waals surface area contributed by atoms with Gasteiger partial charge in [0.1, 0.15) is 5.82 Å². The van der Waals surface area contributed by atoms with Crippen LogP contribution in [0, 0.1) is 0 Å². The Hall–Kier alpha value is -4.00. The Morgan fingerprint density at radius 3 is 2.47 bits per heavy atom. The Morgan fingerprint density at radius 2 is 1.67 bits per heavy atom. The molecule has 0 radical (unpaired) electrons. The van der Waals surface area contributed by atoms with E-state index >= 15 is 0 Å². The number of hydrogen-bond donors (Lipinski definition) is 3. The van der Waals surface area contributed by atoms with Gasteiger partial charge in [0.15, 0.2) is 11.5 Å². The second-order valence-corrected chi connectivity index (χ2v) is 7.09. The first-order chi connectivity index (χ1) is 14.6. The van der Waals surface area contributed by atoms with Crippen LogP contribution in [0.25, 0.3) is 10.8 Å². The molecular weight excluding hydrogens is 382 g/mol. The Bertz CT molecular complexity index is 1400. The molecular formula is C23H19N3O4. The number of anilines is 2. The van der Waals surface area contributed by atoms with Crippen molar-refractivity contribution in [1.29, 1.82) is 0 Å². The minimum absolute atomic E-state index is 0.376. The fourth-order valence-corrected chi connectivity index (χ4v) is 4.32. The van der Waals surface area contributed by atoms with Crippen molar-refractivity contribution >= 4 is 22.3 Å². The zero-order valence-corrected chi connectivity index (χ0v) is 16.4. The number of rotatable bonds is 3. The van der Waals surface area contributed by atoms with Crippen molar-refractivity contribution in [3.63, 3.8) is 0 Å². The second-order valence-electron chi connectivity index (χ2n) is 7.09. The van der Waals surface area contributed by atoms with Crippen LogP contribution in [0.3, 0.4) is 0 Å². The third kappa shape index (κ3) is 2.59. The number of ether oxygens (including phenoxy) is 2. The first kappa shape index (κ1) is 18.1. The summed E-state index contributed by atoms with van der Waals surface area (Å²) in [5, 5.41) is 5.29. The fraction of sp³-hybridized carbons (Fsp3) is 0.130. The average Bonchev–Trinajstić information content (AvgIpc) is 2.76. The molecule has 0 amide bonds. The SMILES string of the molecule is COc1cccc(C2c3c([nH]c(=O)[nH]c3=O)Nc3ccc4ccccc4c32)c1OC. The van der Waals surface area contributed by atoms with Crippen LogP contribution < -0.4 is 26.0 Å². The molecule has 1 aliphatic rings. The first-order valence-electron chi connectivity index (χ1n) is 9.48. The molecule has 7 heteroatoms. The molecule has 150 valence electrons. The van der Waals surface area contributed by atoms with Crippen molar-refractivity contribution in [3.05, 3.63) is 92.1 Å². The van der Waals surface area contributed by atoms with Gasteiger partial charge in [-0.1, -0.05) is 42.5 Å². The third-order valence-electron chi connectivity index (χ3n) is 5.53. The largest absolute Gasteiger partial charge is 0.493 e.